The SMILES string of the molecule is Cc1cc(C)c(S(=O)(=O)NC(CNc2ccccc2OC(F)(F)F)C(F)(F)F)c(C)c1. The number of nitrogens with one attached hydrogen (secondary N) is 2. The van der Waals surface area contributed by atoms with E-state index in [1.807, 2.05) is 0 Å². The van der Waals surface area contributed by atoms with Gasteiger partial charge in [-0.2, -0.15) is 17.9 Å². The average molecular weight is 470 g/mol. The van der Waals surface area contributed by atoms with Crippen molar-refractivity contribution >= 4 is 15.7 Å². The monoisotopic (exact) mass is 470 g/mol. The molecule has 31 heavy (non-hydrogen) atoms. The molecule has 0 fully saturated rings. The average Bonchev–Trinajstić information content (AvgIpc) is 2.56. The molecule has 1 atom stereocenters. The zero-order valence-corrected chi connectivity index (χ0v) is 17.5. The van der Waals surface area contributed by atoms with Crippen LogP contribution in [0.5, 0.6) is 5.75 Å². The molecule has 5 nitrogen and oxygen atoms in total. The van der Waals surface area contributed by atoms with E-state index in [1.165, 1.54) is 38.1 Å². The van der Waals surface area contributed by atoms with Crippen LogP contribution in [0.1, 0.15) is 16.7 Å². The molecule has 0 heterocycles. The Labute approximate surface area is 175 Å². The number of alkyl halides is 6. The number of aryl methyl sites for hydroxylation is 3. The van der Waals surface area contributed by atoms with Gasteiger partial charge in [0.05, 0.1) is 10.6 Å². The van der Waals surface area contributed by atoms with Crippen LogP contribution in [-0.2, 0) is 10.0 Å². The summed E-state index contributed by atoms with van der Waals surface area (Å²) < 4.78 is 109. The number of benzene rings is 2. The highest BCUT2D eigenvalue weighted by Gasteiger charge is 2.43. The summed E-state index contributed by atoms with van der Waals surface area (Å²) in [6.45, 7) is 3.57. The normalized spacial score (nSPS) is 13.7. The van der Waals surface area contributed by atoms with Gasteiger partial charge in [0, 0.05) is 6.54 Å². The van der Waals surface area contributed by atoms with E-state index in [-0.39, 0.29) is 21.7 Å². The van der Waals surface area contributed by atoms with Gasteiger partial charge in [-0.05, 0) is 44.0 Å². The zero-order valence-electron chi connectivity index (χ0n) is 16.6. The minimum atomic E-state index is -5.05. The van der Waals surface area contributed by atoms with Crippen molar-refractivity contribution in [1.82, 2.24) is 4.72 Å². The largest absolute Gasteiger partial charge is 0.573 e. The molecule has 0 aliphatic rings. The van der Waals surface area contributed by atoms with Crippen molar-refractivity contribution in [3.8, 4) is 5.75 Å². The van der Waals surface area contributed by atoms with Gasteiger partial charge in [-0.15, -0.1) is 13.2 Å². The van der Waals surface area contributed by atoms with E-state index in [4.69, 9.17) is 0 Å². The number of rotatable bonds is 7. The van der Waals surface area contributed by atoms with Crippen LogP contribution in [0.15, 0.2) is 41.3 Å². The van der Waals surface area contributed by atoms with Crippen LogP contribution in [0.3, 0.4) is 0 Å². The highest BCUT2D eigenvalue weighted by Crippen LogP contribution is 2.31. The minimum absolute atomic E-state index is 0.266. The van der Waals surface area contributed by atoms with Crippen LogP contribution >= 0.6 is 0 Å². The van der Waals surface area contributed by atoms with Crippen molar-refractivity contribution in [3.05, 3.63) is 53.1 Å². The summed E-state index contributed by atoms with van der Waals surface area (Å²) in [5.74, 6) is -0.746. The van der Waals surface area contributed by atoms with Crippen LogP contribution in [0.2, 0.25) is 0 Å². The van der Waals surface area contributed by atoms with Crippen molar-refractivity contribution in [2.45, 2.75) is 44.2 Å². The molecule has 0 aliphatic heterocycles. The van der Waals surface area contributed by atoms with E-state index in [0.717, 1.165) is 17.7 Å². The number of para-hydroxylation sites is 2. The molecule has 1 unspecified atom stereocenters. The maximum atomic E-state index is 13.5. The lowest BCUT2D eigenvalue weighted by molar-refractivity contribution is -0.274. The van der Waals surface area contributed by atoms with Gasteiger partial charge in [0.15, 0.2) is 5.75 Å². The van der Waals surface area contributed by atoms with Crippen molar-refractivity contribution < 1.29 is 39.5 Å². The van der Waals surface area contributed by atoms with E-state index in [0.29, 0.717) is 0 Å². The Balaban J connectivity index is 2.30. The number of sulfonamides is 1. The van der Waals surface area contributed by atoms with Crippen molar-refractivity contribution in [3.63, 3.8) is 0 Å². The maximum Gasteiger partial charge on any atom is 0.573 e. The van der Waals surface area contributed by atoms with Crippen molar-refractivity contribution in [2.75, 3.05) is 11.9 Å². The molecule has 0 aliphatic carbocycles. The highest BCUT2D eigenvalue weighted by molar-refractivity contribution is 7.89. The topological polar surface area (TPSA) is 67.4 Å². The first-order valence-electron chi connectivity index (χ1n) is 8.85. The van der Waals surface area contributed by atoms with E-state index >= 15 is 0 Å². The first-order chi connectivity index (χ1) is 14.1. The summed E-state index contributed by atoms with van der Waals surface area (Å²) in [6.07, 6.45) is -10.1. The van der Waals surface area contributed by atoms with Gasteiger partial charge in [-0.1, -0.05) is 29.8 Å². The maximum absolute atomic E-state index is 13.5. The fourth-order valence-corrected chi connectivity index (χ4v) is 4.77. The molecule has 2 N–H and O–H groups in total. The van der Waals surface area contributed by atoms with Crippen LogP contribution in [0.25, 0.3) is 0 Å². The van der Waals surface area contributed by atoms with Gasteiger partial charge >= 0.3 is 12.5 Å². The van der Waals surface area contributed by atoms with Gasteiger partial charge in [0.1, 0.15) is 6.04 Å². The quantitative estimate of drug-likeness (QED) is 0.569. The zero-order chi connectivity index (χ0) is 23.6. The van der Waals surface area contributed by atoms with Gasteiger partial charge in [0.2, 0.25) is 10.0 Å². The fraction of sp³-hybridized carbons (Fsp3) is 0.368. The van der Waals surface area contributed by atoms with E-state index in [9.17, 15) is 34.8 Å². The molecule has 2 rings (SSSR count). The molecule has 0 saturated heterocycles. The molecule has 172 valence electrons. The molecular formula is C19H20F6N2O3S. The number of ether oxygens (including phenoxy) is 1. The summed E-state index contributed by atoms with van der Waals surface area (Å²) in [5, 5.41) is 2.18. The summed E-state index contributed by atoms with van der Waals surface area (Å²) in [7, 11) is -4.59. The molecule has 0 radical (unpaired) electrons. The lowest BCUT2D eigenvalue weighted by Gasteiger charge is -2.24. The fourth-order valence-electron chi connectivity index (χ4n) is 3.10. The smallest absolute Gasteiger partial charge is 0.404 e. The van der Waals surface area contributed by atoms with E-state index in [1.54, 1.807) is 11.6 Å². The Hall–Kier alpha value is -2.47. The Morgan fingerprint density at radius 1 is 0.968 bits per heavy atom. The van der Waals surface area contributed by atoms with Gasteiger partial charge in [0.25, 0.3) is 0 Å². The second-order valence-corrected chi connectivity index (χ2v) is 8.52. The molecular weight excluding hydrogens is 450 g/mol. The highest BCUT2D eigenvalue weighted by atomic mass is 32.2. The Morgan fingerprint density at radius 3 is 2.03 bits per heavy atom. The standard InChI is InChI=1S/C19H20F6N2O3S/c1-11-8-12(2)17(13(3)9-11)31(28,29)27-16(18(20,21)22)10-26-14-6-4-5-7-15(14)30-19(23,24)25/h4-9,16,26-27H,10H2,1-3H3. The minimum Gasteiger partial charge on any atom is -0.404 e. The van der Waals surface area contributed by atoms with Crippen molar-refractivity contribution in [1.29, 1.82) is 0 Å². The Bertz CT molecular complexity index is 1010. The molecule has 0 aromatic heterocycles. The molecule has 2 aromatic rings. The lowest BCUT2D eigenvalue weighted by Crippen LogP contribution is -2.49. The molecule has 0 amide bonds. The third-order valence-electron chi connectivity index (χ3n) is 4.18. The third kappa shape index (κ3) is 6.76. The molecule has 2 aromatic carbocycles. The lowest BCUT2D eigenvalue weighted by atomic mass is 10.1. The summed E-state index contributed by atoms with van der Waals surface area (Å²) in [5.41, 5.74) is 0.894. The molecule has 0 saturated carbocycles. The van der Waals surface area contributed by atoms with Crippen molar-refractivity contribution in [2.24, 2.45) is 0 Å². The van der Waals surface area contributed by atoms with E-state index in [2.05, 4.69) is 10.1 Å². The number of anilines is 1. The third-order valence-corrected chi connectivity index (χ3v) is 5.95. The van der Waals surface area contributed by atoms with Gasteiger partial charge in [-0.3, -0.25) is 0 Å². The number of hydrogen-bond donors (Lipinski definition) is 2. The first kappa shape index (κ1) is 24.8. The summed E-state index contributed by atoms with van der Waals surface area (Å²) in [4.78, 5) is -0.284. The summed E-state index contributed by atoms with van der Waals surface area (Å²) in [6, 6.07) is 4.92. The molecule has 0 spiro atoms. The molecule has 0 bridgehead atoms. The summed E-state index contributed by atoms with van der Waals surface area (Å²) >= 11 is 0. The molecule has 12 heteroatoms. The predicted molar refractivity (Wildman–Crippen MR) is 102 cm³/mol. The van der Waals surface area contributed by atoms with Gasteiger partial charge in [-0.25, -0.2) is 8.42 Å². The number of halogens is 6. The Kier molecular flexibility index (Phi) is 7.16. The number of hydrogen-bond acceptors (Lipinski definition) is 4. The van der Waals surface area contributed by atoms with Crippen LogP contribution in [0, 0.1) is 20.8 Å². The van der Waals surface area contributed by atoms with E-state index < -0.39 is 40.9 Å². The first-order valence-corrected chi connectivity index (χ1v) is 10.3. The van der Waals surface area contributed by atoms with Gasteiger partial charge < -0.3 is 10.1 Å². The Morgan fingerprint density at radius 2 is 1.52 bits per heavy atom. The van der Waals surface area contributed by atoms with Crippen LogP contribution in [0.4, 0.5) is 32.0 Å². The van der Waals surface area contributed by atoms with Crippen LogP contribution < -0.4 is 14.8 Å². The predicted octanol–water partition coefficient (Wildman–Crippen LogP) is 4.83. The second-order valence-electron chi connectivity index (χ2n) is 6.87. The second kappa shape index (κ2) is 8.95. The van der Waals surface area contributed by atoms with Crippen LogP contribution in [-0.4, -0.2) is 33.5 Å².